The molecule has 0 saturated heterocycles. The van der Waals surface area contributed by atoms with E-state index >= 15 is 0 Å². The van der Waals surface area contributed by atoms with Crippen LogP contribution in [0.2, 0.25) is 0 Å². The van der Waals surface area contributed by atoms with Gasteiger partial charge in [-0.25, -0.2) is 4.98 Å². The van der Waals surface area contributed by atoms with Crippen LogP contribution < -0.4 is 5.32 Å². The summed E-state index contributed by atoms with van der Waals surface area (Å²) in [4.78, 5) is 16.9. The number of amides is 1. The van der Waals surface area contributed by atoms with Crippen LogP contribution in [0.5, 0.6) is 0 Å². The average Bonchev–Trinajstić information content (AvgIpc) is 3.08. The van der Waals surface area contributed by atoms with Crippen molar-refractivity contribution in [2.24, 2.45) is 7.05 Å². The van der Waals surface area contributed by atoms with Gasteiger partial charge in [0, 0.05) is 41.3 Å². The summed E-state index contributed by atoms with van der Waals surface area (Å²) in [5.74, 6) is 0.0646. The van der Waals surface area contributed by atoms with E-state index < -0.39 is 0 Å². The van der Waals surface area contributed by atoms with Gasteiger partial charge in [0.1, 0.15) is 4.34 Å². The van der Waals surface area contributed by atoms with Crippen LogP contribution in [0.3, 0.4) is 0 Å². The van der Waals surface area contributed by atoms with E-state index in [0.717, 1.165) is 42.6 Å². The number of aromatic nitrogens is 2. The molecule has 0 atom stereocenters. The van der Waals surface area contributed by atoms with Gasteiger partial charge in [-0.1, -0.05) is 11.8 Å². The summed E-state index contributed by atoms with van der Waals surface area (Å²) in [5.41, 5.74) is 2.92. The number of nitrogens with one attached hydrogen (secondary N) is 1. The number of hydrogen-bond acceptors (Lipinski definition) is 4. The van der Waals surface area contributed by atoms with Crippen molar-refractivity contribution in [2.75, 3.05) is 0 Å². The molecule has 4 nitrogen and oxygen atoms in total. The van der Waals surface area contributed by atoms with Gasteiger partial charge in [-0.3, -0.25) is 4.79 Å². The maximum Gasteiger partial charge on any atom is 0.253 e. The fraction of sp³-hybridized carbons (Fsp3) is 0.529. The monoisotopic (exact) mass is 349 g/mol. The van der Waals surface area contributed by atoms with Crippen molar-refractivity contribution >= 4 is 29.0 Å². The van der Waals surface area contributed by atoms with E-state index in [0.29, 0.717) is 11.3 Å². The Morgan fingerprint density at radius 1 is 1.35 bits per heavy atom. The van der Waals surface area contributed by atoms with Gasteiger partial charge in [0.25, 0.3) is 5.91 Å². The van der Waals surface area contributed by atoms with Crippen molar-refractivity contribution in [1.82, 2.24) is 14.9 Å². The van der Waals surface area contributed by atoms with E-state index in [9.17, 15) is 4.79 Å². The molecule has 1 fully saturated rings. The SMILES string of the molecule is Cc1csc(SC2CCC(NC(=O)c3ccn(C)c3C)CC2)n1. The quantitative estimate of drug-likeness (QED) is 0.910. The number of hydrogen-bond donors (Lipinski definition) is 1. The molecule has 1 aliphatic rings. The number of thioether (sulfide) groups is 1. The average molecular weight is 350 g/mol. The van der Waals surface area contributed by atoms with E-state index in [1.54, 1.807) is 11.3 Å². The van der Waals surface area contributed by atoms with Gasteiger partial charge in [0.05, 0.1) is 5.56 Å². The van der Waals surface area contributed by atoms with E-state index in [1.807, 2.05) is 49.5 Å². The molecule has 2 aromatic rings. The zero-order valence-electron chi connectivity index (χ0n) is 13.8. The minimum atomic E-state index is 0.0646. The van der Waals surface area contributed by atoms with Gasteiger partial charge in [-0.2, -0.15) is 0 Å². The first-order valence-corrected chi connectivity index (χ1v) is 9.80. The molecular weight excluding hydrogens is 326 g/mol. The first-order chi connectivity index (χ1) is 11.0. The van der Waals surface area contributed by atoms with Crippen LogP contribution >= 0.6 is 23.1 Å². The van der Waals surface area contributed by atoms with Crippen LogP contribution in [-0.4, -0.2) is 26.8 Å². The van der Waals surface area contributed by atoms with E-state index in [4.69, 9.17) is 0 Å². The summed E-state index contributed by atoms with van der Waals surface area (Å²) in [7, 11) is 1.97. The van der Waals surface area contributed by atoms with Gasteiger partial charge in [0.2, 0.25) is 0 Å². The molecule has 2 aromatic heterocycles. The lowest BCUT2D eigenvalue weighted by atomic mass is 9.94. The molecule has 0 radical (unpaired) electrons. The minimum absolute atomic E-state index is 0.0646. The Labute approximate surface area is 145 Å². The standard InChI is InChI=1S/C17H23N3OS2/c1-11-10-22-17(18-11)23-14-6-4-13(5-7-14)19-16(21)15-8-9-20(3)12(15)2/h8-10,13-14H,4-7H2,1-3H3,(H,19,21). The van der Waals surface area contributed by atoms with Gasteiger partial charge in [0.15, 0.2) is 0 Å². The highest BCUT2D eigenvalue weighted by atomic mass is 32.2. The van der Waals surface area contributed by atoms with Crippen molar-refractivity contribution in [3.63, 3.8) is 0 Å². The van der Waals surface area contributed by atoms with Crippen LogP contribution in [0, 0.1) is 13.8 Å². The summed E-state index contributed by atoms with van der Waals surface area (Å²) < 4.78 is 3.16. The maximum atomic E-state index is 12.4. The third kappa shape index (κ3) is 3.98. The Kier molecular flexibility index (Phi) is 5.11. The lowest BCUT2D eigenvalue weighted by molar-refractivity contribution is 0.0927. The second kappa shape index (κ2) is 7.09. The first kappa shape index (κ1) is 16.6. The molecule has 1 aliphatic carbocycles. The fourth-order valence-corrected chi connectivity index (χ4v) is 5.25. The molecule has 0 bridgehead atoms. The Morgan fingerprint density at radius 3 is 2.65 bits per heavy atom. The Morgan fingerprint density at radius 2 is 2.09 bits per heavy atom. The Hall–Kier alpha value is -1.27. The summed E-state index contributed by atoms with van der Waals surface area (Å²) in [5, 5.41) is 5.94. The largest absolute Gasteiger partial charge is 0.354 e. The number of nitrogens with zero attached hydrogens (tertiary/aromatic N) is 2. The normalized spacial score (nSPS) is 21.3. The topological polar surface area (TPSA) is 46.9 Å². The first-order valence-electron chi connectivity index (χ1n) is 8.04. The predicted molar refractivity (Wildman–Crippen MR) is 96.4 cm³/mol. The van der Waals surface area contributed by atoms with E-state index in [2.05, 4.69) is 15.7 Å². The third-order valence-corrected chi connectivity index (χ3v) is 6.93. The molecule has 0 spiro atoms. The van der Waals surface area contributed by atoms with E-state index in [-0.39, 0.29) is 5.91 Å². The van der Waals surface area contributed by atoms with Crippen LogP contribution in [-0.2, 0) is 7.05 Å². The highest BCUT2D eigenvalue weighted by molar-refractivity contribution is 8.01. The number of carbonyl (C=O) groups is 1. The summed E-state index contributed by atoms with van der Waals surface area (Å²) >= 11 is 3.64. The molecule has 1 amide bonds. The van der Waals surface area contributed by atoms with Crippen molar-refractivity contribution in [1.29, 1.82) is 0 Å². The second-order valence-electron chi connectivity index (χ2n) is 6.25. The van der Waals surface area contributed by atoms with Gasteiger partial charge >= 0.3 is 0 Å². The summed E-state index contributed by atoms with van der Waals surface area (Å²) in [6.45, 7) is 4.02. The smallest absolute Gasteiger partial charge is 0.253 e. The van der Waals surface area contributed by atoms with Crippen molar-refractivity contribution in [3.8, 4) is 0 Å². The van der Waals surface area contributed by atoms with Crippen LogP contribution in [0.15, 0.2) is 22.0 Å². The molecule has 124 valence electrons. The third-order valence-electron chi connectivity index (χ3n) is 4.50. The Balaban J connectivity index is 1.49. The second-order valence-corrected chi connectivity index (χ2v) is 8.65. The summed E-state index contributed by atoms with van der Waals surface area (Å²) in [6, 6.07) is 2.20. The number of carbonyl (C=O) groups excluding carboxylic acids is 1. The van der Waals surface area contributed by atoms with Gasteiger partial charge in [-0.15, -0.1) is 11.3 Å². The predicted octanol–water partition coefficient (Wildman–Crippen LogP) is 3.93. The molecule has 0 aromatic carbocycles. The maximum absolute atomic E-state index is 12.4. The molecule has 2 heterocycles. The van der Waals surface area contributed by atoms with Gasteiger partial charge < -0.3 is 9.88 Å². The van der Waals surface area contributed by atoms with Crippen LogP contribution in [0.1, 0.15) is 47.4 Å². The molecule has 1 N–H and O–H groups in total. The zero-order chi connectivity index (χ0) is 16.4. The van der Waals surface area contributed by atoms with E-state index in [1.165, 1.54) is 4.34 Å². The molecular formula is C17H23N3OS2. The molecule has 6 heteroatoms. The highest BCUT2D eigenvalue weighted by Crippen LogP contribution is 2.35. The Bertz CT molecular complexity index is 684. The van der Waals surface area contributed by atoms with Crippen LogP contribution in [0.25, 0.3) is 0 Å². The fourth-order valence-electron chi connectivity index (χ4n) is 2.97. The molecule has 1 saturated carbocycles. The number of thiazole rings is 1. The zero-order valence-corrected chi connectivity index (χ0v) is 15.5. The van der Waals surface area contributed by atoms with Gasteiger partial charge in [-0.05, 0) is 45.6 Å². The van der Waals surface area contributed by atoms with Crippen molar-refractivity contribution < 1.29 is 4.79 Å². The molecule has 23 heavy (non-hydrogen) atoms. The van der Waals surface area contributed by atoms with Crippen molar-refractivity contribution in [3.05, 3.63) is 34.6 Å². The van der Waals surface area contributed by atoms with Crippen LogP contribution in [0.4, 0.5) is 0 Å². The molecule has 0 aliphatic heterocycles. The summed E-state index contributed by atoms with van der Waals surface area (Å²) in [6.07, 6.45) is 6.33. The highest BCUT2D eigenvalue weighted by Gasteiger charge is 2.24. The number of aryl methyl sites for hydroxylation is 2. The molecule has 3 rings (SSSR count). The minimum Gasteiger partial charge on any atom is -0.354 e. The van der Waals surface area contributed by atoms with Crippen molar-refractivity contribution in [2.45, 2.75) is 55.2 Å². The molecule has 0 unspecified atom stereocenters. The number of rotatable bonds is 4. The lowest BCUT2D eigenvalue weighted by Gasteiger charge is -2.28. The lowest BCUT2D eigenvalue weighted by Crippen LogP contribution is -2.38.